The van der Waals surface area contributed by atoms with E-state index in [0.29, 0.717) is 16.4 Å². The number of hydrogen-bond acceptors (Lipinski definition) is 4. The van der Waals surface area contributed by atoms with Gasteiger partial charge in [0.05, 0.1) is 5.69 Å². The molecule has 1 aromatic carbocycles. The first-order valence-corrected chi connectivity index (χ1v) is 7.34. The minimum Gasteiger partial charge on any atom is -0.326 e. The van der Waals surface area contributed by atoms with Gasteiger partial charge in [-0.2, -0.15) is 0 Å². The molecule has 0 atom stereocenters. The lowest BCUT2D eigenvalue weighted by Gasteiger charge is -2.09. The molecule has 90 valence electrons. The second kappa shape index (κ2) is 4.87. The highest BCUT2D eigenvalue weighted by molar-refractivity contribution is 7.94. The van der Waals surface area contributed by atoms with Gasteiger partial charge in [-0.3, -0.25) is 4.72 Å². The zero-order valence-corrected chi connectivity index (χ0v) is 10.6. The lowest BCUT2D eigenvalue weighted by molar-refractivity contribution is 0.603. The highest BCUT2D eigenvalue weighted by Gasteiger charge is 2.16. The third-order valence-electron chi connectivity index (χ3n) is 2.24. The smallest absolute Gasteiger partial charge is 0.271 e. The molecule has 0 unspecified atom stereocenters. The van der Waals surface area contributed by atoms with Gasteiger partial charge in [0.1, 0.15) is 4.21 Å². The maximum Gasteiger partial charge on any atom is 0.271 e. The molecule has 0 amide bonds. The first kappa shape index (κ1) is 12.1. The van der Waals surface area contributed by atoms with Crippen LogP contribution in [0.5, 0.6) is 0 Å². The van der Waals surface area contributed by atoms with Gasteiger partial charge >= 0.3 is 0 Å². The molecule has 4 nitrogen and oxygen atoms in total. The number of rotatable bonds is 4. The van der Waals surface area contributed by atoms with E-state index in [1.54, 1.807) is 35.7 Å². The summed E-state index contributed by atoms with van der Waals surface area (Å²) in [7, 11) is -3.49. The maximum atomic E-state index is 12.0. The zero-order chi connectivity index (χ0) is 12.3. The molecule has 0 fully saturated rings. The summed E-state index contributed by atoms with van der Waals surface area (Å²) in [5.41, 5.74) is 6.86. The van der Waals surface area contributed by atoms with Crippen LogP contribution in [0.15, 0.2) is 46.0 Å². The van der Waals surface area contributed by atoms with Gasteiger partial charge in [-0.25, -0.2) is 8.42 Å². The van der Waals surface area contributed by atoms with Gasteiger partial charge in [0.15, 0.2) is 0 Å². The Bertz CT molecular complexity index is 592. The number of benzene rings is 1. The number of nitrogens with one attached hydrogen (secondary N) is 1. The molecule has 0 saturated carbocycles. The lowest BCUT2D eigenvalue weighted by Crippen LogP contribution is -2.13. The summed E-state index contributed by atoms with van der Waals surface area (Å²) >= 11 is 1.18. The average molecular weight is 268 g/mol. The molecular formula is C11H12N2O2S2. The molecule has 0 aliphatic rings. The van der Waals surface area contributed by atoms with E-state index >= 15 is 0 Å². The van der Waals surface area contributed by atoms with Gasteiger partial charge < -0.3 is 5.73 Å². The molecule has 0 saturated heterocycles. The van der Waals surface area contributed by atoms with Crippen LogP contribution in [-0.2, 0) is 16.6 Å². The van der Waals surface area contributed by atoms with Crippen LogP contribution in [0, 0.1) is 0 Å². The molecular weight excluding hydrogens is 256 g/mol. The highest BCUT2D eigenvalue weighted by atomic mass is 32.2. The topological polar surface area (TPSA) is 72.2 Å². The van der Waals surface area contributed by atoms with Gasteiger partial charge in [-0.15, -0.1) is 11.3 Å². The highest BCUT2D eigenvalue weighted by Crippen LogP contribution is 2.22. The van der Waals surface area contributed by atoms with Crippen LogP contribution in [0.1, 0.15) is 5.56 Å². The molecule has 0 aliphatic heterocycles. The van der Waals surface area contributed by atoms with Crippen molar-refractivity contribution in [2.24, 2.45) is 5.73 Å². The van der Waals surface area contributed by atoms with Crippen LogP contribution >= 0.6 is 11.3 Å². The zero-order valence-electron chi connectivity index (χ0n) is 8.96. The summed E-state index contributed by atoms with van der Waals surface area (Å²) < 4.78 is 26.8. The van der Waals surface area contributed by atoms with Crippen molar-refractivity contribution in [2.45, 2.75) is 10.8 Å². The van der Waals surface area contributed by atoms with E-state index in [0.717, 1.165) is 5.56 Å². The number of anilines is 1. The molecule has 17 heavy (non-hydrogen) atoms. The van der Waals surface area contributed by atoms with E-state index in [2.05, 4.69) is 4.72 Å². The summed E-state index contributed by atoms with van der Waals surface area (Å²) in [6.07, 6.45) is 0. The van der Waals surface area contributed by atoms with E-state index in [1.165, 1.54) is 11.3 Å². The summed E-state index contributed by atoms with van der Waals surface area (Å²) in [5.74, 6) is 0. The first-order chi connectivity index (χ1) is 8.13. The summed E-state index contributed by atoms with van der Waals surface area (Å²) in [6, 6.07) is 10.4. The van der Waals surface area contributed by atoms with E-state index in [4.69, 9.17) is 5.73 Å². The SMILES string of the molecule is NCc1ccccc1NS(=O)(=O)c1cccs1. The van der Waals surface area contributed by atoms with Crippen LogP contribution < -0.4 is 10.5 Å². The first-order valence-electron chi connectivity index (χ1n) is 4.98. The van der Waals surface area contributed by atoms with Gasteiger partial charge in [-0.1, -0.05) is 24.3 Å². The third kappa shape index (κ3) is 2.66. The summed E-state index contributed by atoms with van der Waals surface area (Å²) in [5, 5.41) is 1.73. The molecule has 2 rings (SSSR count). The fourth-order valence-corrected chi connectivity index (χ4v) is 3.50. The Balaban J connectivity index is 2.33. The summed E-state index contributed by atoms with van der Waals surface area (Å²) in [6.45, 7) is 0.295. The van der Waals surface area contributed by atoms with Crippen LogP contribution in [0.2, 0.25) is 0 Å². The van der Waals surface area contributed by atoms with E-state index < -0.39 is 10.0 Å². The van der Waals surface area contributed by atoms with Crippen molar-refractivity contribution in [3.8, 4) is 0 Å². The van der Waals surface area contributed by atoms with Crippen LogP contribution in [0.3, 0.4) is 0 Å². The van der Waals surface area contributed by atoms with Gasteiger partial charge in [0.25, 0.3) is 10.0 Å². The average Bonchev–Trinajstić information content (AvgIpc) is 2.83. The minimum absolute atomic E-state index is 0.295. The summed E-state index contributed by atoms with van der Waals surface area (Å²) in [4.78, 5) is 0. The van der Waals surface area contributed by atoms with E-state index in [1.807, 2.05) is 6.07 Å². The molecule has 0 radical (unpaired) electrons. The van der Waals surface area contributed by atoms with Crippen molar-refractivity contribution in [2.75, 3.05) is 4.72 Å². The van der Waals surface area contributed by atoms with Crippen molar-refractivity contribution >= 4 is 27.0 Å². The number of sulfonamides is 1. The quantitative estimate of drug-likeness (QED) is 0.891. The van der Waals surface area contributed by atoms with Crippen molar-refractivity contribution in [1.82, 2.24) is 0 Å². The number of thiophene rings is 1. The largest absolute Gasteiger partial charge is 0.326 e. The monoisotopic (exact) mass is 268 g/mol. The van der Waals surface area contributed by atoms with Crippen molar-refractivity contribution in [1.29, 1.82) is 0 Å². The molecule has 1 aromatic heterocycles. The van der Waals surface area contributed by atoms with Gasteiger partial charge in [-0.05, 0) is 23.1 Å². The lowest BCUT2D eigenvalue weighted by atomic mass is 10.2. The van der Waals surface area contributed by atoms with Crippen LogP contribution in [-0.4, -0.2) is 8.42 Å². The molecule has 3 N–H and O–H groups in total. The molecule has 0 bridgehead atoms. The minimum atomic E-state index is -3.49. The van der Waals surface area contributed by atoms with Crippen LogP contribution in [0.25, 0.3) is 0 Å². The Morgan fingerprint density at radius 3 is 2.59 bits per heavy atom. The van der Waals surface area contributed by atoms with Crippen molar-refractivity contribution in [3.05, 3.63) is 47.3 Å². The number of nitrogens with two attached hydrogens (primary N) is 1. The molecule has 0 aliphatic carbocycles. The Morgan fingerprint density at radius 1 is 1.18 bits per heavy atom. The third-order valence-corrected chi connectivity index (χ3v) is 5.00. The van der Waals surface area contributed by atoms with Gasteiger partial charge in [0.2, 0.25) is 0 Å². The number of hydrogen-bond donors (Lipinski definition) is 2. The van der Waals surface area contributed by atoms with Gasteiger partial charge in [0, 0.05) is 6.54 Å². The molecule has 6 heteroatoms. The Kier molecular flexibility index (Phi) is 3.46. The van der Waals surface area contributed by atoms with E-state index in [9.17, 15) is 8.42 Å². The molecule has 2 aromatic rings. The Hall–Kier alpha value is -1.37. The Labute approximate surface area is 104 Å². The number of para-hydroxylation sites is 1. The second-order valence-corrected chi connectivity index (χ2v) is 6.26. The van der Waals surface area contributed by atoms with Crippen molar-refractivity contribution in [3.63, 3.8) is 0 Å². The van der Waals surface area contributed by atoms with Crippen molar-refractivity contribution < 1.29 is 8.42 Å². The fraction of sp³-hybridized carbons (Fsp3) is 0.0909. The van der Waals surface area contributed by atoms with Crippen LogP contribution in [0.4, 0.5) is 5.69 Å². The predicted octanol–water partition coefficient (Wildman–Crippen LogP) is 2.01. The second-order valence-electron chi connectivity index (χ2n) is 3.40. The predicted molar refractivity (Wildman–Crippen MR) is 69.5 cm³/mol. The molecule has 1 heterocycles. The Morgan fingerprint density at radius 2 is 1.94 bits per heavy atom. The maximum absolute atomic E-state index is 12.0. The fourth-order valence-electron chi connectivity index (χ4n) is 1.41. The molecule has 0 spiro atoms. The van der Waals surface area contributed by atoms with E-state index in [-0.39, 0.29) is 0 Å². The normalized spacial score (nSPS) is 11.4. The standard InChI is InChI=1S/C11H12N2O2S2/c12-8-9-4-1-2-5-10(9)13-17(14,15)11-6-3-7-16-11/h1-7,13H,8,12H2.